The summed E-state index contributed by atoms with van der Waals surface area (Å²) < 4.78 is 59.1. The molecular formula is C20H30F3N3O5S. The fourth-order valence-corrected chi connectivity index (χ4v) is 4.32. The van der Waals surface area contributed by atoms with Crippen LogP contribution < -0.4 is 5.32 Å². The van der Waals surface area contributed by atoms with Crippen molar-refractivity contribution in [3.8, 4) is 0 Å². The molecule has 0 aliphatic carbocycles. The van der Waals surface area contributed by atoms with Gasteiger partial charge >= 0.3 is 12.1 Å². The Morgan fingerprint density at radius 1 is 1.12 bits per heavy atom. The lowest BCUT2D eigenvalue weighted by Gasteiger charge is -2.29. The molecule has 2 rings (SSSR count). The topological polar surface area (TPSA) is 107 Å². The molecule has 2 N–H and O–H groups in total. The average Bonchev–Trinajstić information content (AvgIpc) is 2.74. The Labute approximate surface area is 186 Å². The van der Waals surface area contributed by atoms with Gasteiger partial charge in [0.25, 0.3) is 0 Å². The van der Waals surface area contributed by atoms with E-state index in [2.05, 4.69) is 5.32 Å². The largest absolute Gasteiger partial charge is 0.490 e. The zero-order valence-electron chi connectivity index (χ0n) is 18.2. The number of piperazine rings is 1. The Hall–Kier alpha value is -2.18. The van der Waals surface area contributed by atoms with Crippen molar-refractivity contribution in [2.75, 3.05) is 39.3 Å². The number of halogens is 3. The number of carbonyl (C=O) groups excluding carboxylic acids is 1. The summed E-state index contributed by atoms with van der Waals surface area (Å²) in [7, 11) is -3.57. The molecule has 0 aromatic heterocycles. The molecule has 12 heteroatoms. The van der Waals surface area contributed by atoms with Crippen molar-refractivity contribution in [2.24, 2.45) is 0 Å². The second-order valence-electron chi connectivity index (χ2n) is 7.25. The van der Waals surface area contributed by atoms with Gasteiger partial charge in [0.2, 0.25) is 15.9 Å². The van der Waals surface area contributed by atoms with Crippen molar-refractivity contribution in [3.05, 3.63) is 29.8 Å². The smallest absolute Gasteiger partial charge is 0.475 e. The number of nitrogens with one attached hydrogen (secondary N) is 1. The van der Waals surface area contributed by atoms with E-state index in [0.29, 0.717) is 24.5 Å². The lowest BCUT2D eigenvalue weighted by molar-refractivity contribution is -0.192. The molecule has 0 radical (unpaired) electrons. The van der Waals surface area contributed by atoms with Gasteiger partial charge in [-0.15, -0.1) is 0 Å². The average molecular weight is 482 g/mol. The van der Waals surface area contributed by atoms with Gasteiger partial charge in [-0.05, 0) is 25.5 Å². The summed E-state index contributed by atoms with van der Waals surface area (Å²) in [5.41, 5.74) is 1.02. The molecule has 1 aliphatic heterocycles. The van der Waals surface area contributed by atoms with Gasteiger partial charge < -0.3 is 15.3 Å². The second kappa shape index (κ2) is 12.8. The van der Waals surface area contributed by atoms with Crippen LogP contribution in [0.1, 0.15) is 31.7 Å². The molecule has 1 aromatic carbocycles. The van der Waals surface area contributed by atoms with Crippen LogP contribution in [0.15, 0.2) is 29.2 Å². The summed E-state index contributed by atoms with van der Waals surface area (Å²) >= 11 is 0. The van der Waals surface area contributed by atoms with Gasteiger partial charge in [0, 0.05) is 45.7 Å². The molecule has 0 bridgehead atoms. The van der Waals surface area contributed by atoms with E-state index in [4.69, 9.17) is 9.90 Å². The maximum atomic E-state index is 12.9. The minimum atomic E-state index is -5.08. The first-order valence-electron chi connectivity index (χ1n) is 10.2. The van der Waals surface area contributed by atoms with Crippen molar-refractivity contribution in [1.82, 2.24) is 14.5 Å². The van der Waals surface area contributed by atoms with Crippen LogP contribution in [-0.2, 0) is 19.6 Å². The lowest BCUT2D eigenvalue weighted by Crippen LogP contribution is -2.47. The third-order valence-electron chi connectivity index (χ3n) is 4.71. The molecule has 1 saturated heterocycles. The van der Waals surface area contributed by atoms with Crippen molar-refractivity contribution >= 4 is 21.9 Å². The number of alkyl halides is 3. The molecule has 1 aliphatic rings. The predicted molar refractivity (Wildman–Crippen MR) is 113 cm³/mol. The fourth-order valence-electron chi connectivity index (χ4n) is 2.84. The number of benzene rings is 1. The Kier molecular flexibility index (Phi) is 11.1. The first kappa shape index (κ1) is 27.9. The van der Waals surface area contributed by atoms with E-state index in [0.717, 1.165) is 31.5 Å². The maximum absolute atomic E-state index is 12.9. The van der Waals surface area contributed by atoms with E-state index in [1.165, 1.54) is 4.31 Å². The number of aliphatic carboxylic acids is 1. The second-order valence-corrected chi connectivity index (χ2v) is 9.19. The van der Waals surface area contributed by atoms with Gasteiger partial charge in [-0.2, -0.15) is 17.5 Å². The molecule has 182 valence electrons. The van der Waals surface area contributed by atoms with Crippen molar-refractivity contribution in [2.45, 2.75) is 44.2 Å². The molecule has 1 heterocycles. The number of sulfonamides is 1. The highest BCUT2D eigenvalue weighted by Crippen LogP contribution is 2.18. The highest BCUT2D eigenvalue weighted by molar-refractivity contribution is 7.89. The highest BCUT2D eigenvalue weighted by atomic mass is 32.2. The molecule has 0 unspecified atom stereocenters. The van der Waals surface area contributed by atoms with Crippen LogP contribution in [0, 0.1) is 6.92 Å². The third kappa shape index (κ3) is 9.13. The lowest BCUT2D eigenvalue weighted by atomic mass is 10.2. The number of rotatable bonds is 8. The van der Waals surface area contributed by atoms with Gasteiger partial charge in [-0.1, -0.05) is 31.0 Å². The highest BCUT2D eigenvalue weighted by Gasteiger charge is 2.38. The predicted octanol–water partition coefficient (Wildman–Crippen LogP) is 2.24. The summed E-state index contributed by atoms with van der Waals surface area (Å²) in [6.07, 6.45) is -3.16. The minimum absolute atomic E-state index is 0.0297. The fraction of sp³-hybridized carbons (Fsp3) is 0.600. The van der Waals surface area contributed by atoms with Gasteiger partial charge in [-0.25, -0.2) is 13.2 Å². The van der Waals surface area contributed by atoms with Gasteiger partial charge in [0.1, 0.15) is 0 Å². The molecule has 1 fully saturated rings. The molecular weight excluding hydrogens is 451 g/mol. The summed E-state index contributed by atoms with van der Waals surface area (Å²) in [5.74, 6) is -2.73. The van der Waals surface area contributed by atoms with Crippen LogP contribution in [0.5, 0.6) is 0 Å². The first-order valence-corrected chi connectivity index (χ1v) is 11.7. The van der Waals surface area contributed by atoms with Crippen LogP contribution in [0.2, 0.25) is 0 Å². The molecule has 0 atom stereocenters. The number of hydrogen-bond donors (Lipinski definition) is 2. The Bertz CT molecular complexity index is 839. The maximum Gasteiger partial charge on any atom is 0.490 e. The normalized spacial score (nSPS) is 14.6. The van der Waals surface area contributed by atoms with Gasteiger partial charge in [0.15, 0.2) is 0 Å². The summed E-state index contributed by atoms with van der Waals surface area (Å²) in [4.78, 5) is 23.4. The SMILES string of the molecule is CCCCN(CCC(=O)N1CCNCC1)S(=O)(=O)c1ccc(C)cc1.O=C(O)C(F)(F)F. The molecule has 8 nitrogen and oxygen atoms in total. The van der Waals surface area contributed by atoms with Gasteiger partial charge in [0.05, 0.1) is 4.90 Å². The zero-order chi connectivity index (χ0) is 24.4. The van der Waals surface area contributed by atoms with Crippen molar-refractivity contribution < 1.29 is 36.3 Å². The standard InChI is InChI=1S/C18H29N3O3S.C2HF3O2/c1-3-4-12-21(13-9-18(22)20-14-10-19-11-15-20)25(23,24)17-7-5-16(2)6-8-17;3-2(4,5)1(6)7/h5-8,19H,3-4,9-15H2,1-2H3;(H,6,7). The van der Waals surface area contributed by atoms with Crippen molar-refractivity contribution in [3.63, 3.8) is 0 Å². The van der Waals surface area contributed by atoms with E-state index in [1.54, 1.807) is 24.3 Å². The van der Waals surface area contributed by atoms with E-state index < -0.39 is 22.2 Å². The zero-order valence-corrected chi connectivity index (χ0v) is 19.0. The first-order chi connectivity index (χ1) is 14.9. The molecule has 32 heavy (non-hydrogen) atoms. The van der Waals surface area contributed by atoms with Crippen LogP contribution in [0.4, 0.5) is 13.2 Å². The monoisotopic (exact) mass is 481 g/mol. The molecule has 0 spiro atoms. The van der Waals surface area contributed by atoms with Crippen LogP contribution in [0.3, 0.4) is 0 Å². The van der Waals surface area contributed by atoms with Gasteiger partial charge in [-0.3, -0.25) is 4.79 Å². The van der Waals surface area contributed by atoms with E-state index in [1.807, 2.05) is 18.7 Å². The van der Waals surface area contributed by atoms with E-state index in [9.17, 15) is 26.4 Å². The van der Waals surface area contributed by atoms with Crippen LogP contribution in [0.25, 0.3) is 0 Å². The quantitative estimate of drug-likeness (QED) is 0.590. The number of nitrogens with zero attached hydrogens (tertiary/aromatic N) is 2. The number of aryl methyl sites for hydroxylation is 1. The van der Waals surface area contributed by atoms with Crippen molar-refractivity contribution in [1.29, 1.82) is 0 Å². The number of carbonyl (C=O) groups is 2. The Morgan fingerprint density at radius 3 is 2.12 bits per heavy atom. The number of amides is 1. The van der Waals surface area contributed by atoms with E-state index >= 15 is 0 Å². The number of carboxylic acids is 1. The Morgan fingerprint density at radius 2 is 1.66 bits per heavy atom. The molecule has 1 aromatic rings. The number of unbranched alkanes of at least 4 members (excludes halogenated alkanes) is 1. The number of hydrogen-bond acceptors (Lipinski definition) is 5. The molecule has 1 amide bonds. The Balaban J connectivity index is 0.000000633. The minimum Gasteiger partial charge on any atom is -0.475 e. The van der Waals surface area contributed by atoms with E-state index in [-0.39, 0.29) is 18.9 Å². The van der Waals surface area contributed by atoms with Crippen LogP contribution >= 0.6 is 0 Å². The van der Waals surface area contributed by atoms with Crippen LogP contribution in [-0.4, -0.2) is 80.1 Å². The summed E-state index contributed by atoms with van der Waals surface area (Å²) in [6.45, 7) is 7.62. The third-order valence-corrected chi connectivity index (χ3v) is 6.62. The molecule has 0 saturated carbocycles. The summed E-state index contributed by atoms with van der Waals surface area (Å²) in [6, 6.07) is 6.89. The number of carboxylic acid groups (broad SMARTS) is 1. The summed E-state index contributed by atoms with van der Waals surface area (Å²) in [5, 5.41) is 10.3.